The number of anilines is 2. The average molecular weight is 186 g/mol. The van der Waals surface area contributed by atoms with Gasteiger partial charge in [-0.3, -0.25) is 0 Å². The number of nitrogens with two attached hydrogens (primary N) is 2. The molecule has 0 aliphatic heterocycles. The van der Waals surface area contributed by atoms with E-state index >= 15 is 0 Å². The molecule has 5 nitrogen and oxygen atoms in total. The highest BCUT2D eigenvalue weighted by molar-refractivity contribution is 5.55. The van der Waals surface area contributed by atoms with E-state index < -0.39 is 0 Å². The first-order valence-corrected chi connectivity index (χ1v) is 4.00. The molecule has 2 aromatic rings. The van der Waals surface area contributed by atoms with Crippen molar-refractivity contribution in [3.05, 3.63) is 30.3 Å². The maximum absolute atomic E-state index is 5.44. The minimum Gasteiger partial charge on any atom is -0.368 e. The molecule has 0 amide bonds. The molecular weight excluding hydrogens is 178 g/mol. The molecule has 14 heavy (non-hydrogen) atoms. The van der Waals surface area contributed by atoms with E-state index in [1.165, 1.54) is 0 Å². The summed E-state index contributed by atoms with van der Waals surface area (Å²) in [6, 6.07) is 10.3. The number of aromatic nitrogens is 3. The SMILES string of the molecule is Nc1nc(N)nc(-c2[c-]cccc2)n1. The van der Waals surface area contributed by atoms with E-state index in [1.807, 2.05) is 18.2 Å². The normalized spacial score (nSPS) is 10.0. The van der Waals surface area contributed by atoms with Crippen molar-refractivity contribution >= 4 is 11.9 Å². The molecule has 0 unspecified atom stereocenters. The molecular formula is C9H8N5-. The lowest BCUT2D eigenvalue weighted by molar-refractivity contribution is 1.09. The van der Waals surface area contributed by atoms with Crippen molar-refractivity contribution in [3.8, 4) is 11.4 Å². The van der Waals surface area contributed by atoms with Crippen LogP contribution in [0.25, 0.3) is 11.4 Å². The van der Waals surface area contributed by atoms with E-state index in [1.54, 1.807) is 6.07 Å². The molecule has 0 atom stereocenters. The second kappa shape index (κ2) is 3.29. The molecule has 0 aliphatic carbocycles. The molecule has 2 rings (SSSR count). The average Bonchev–Trinajstić information content (AvgIpc) is 2.18. The van der Waals surface area contributed by atoms with Gasteiger partial charge < -0.3 is 11.5 Å². The van der Waals surface area contributed by atoms with Gasteiger partial charge in [-0.15, -0.1) is 35.9 Å². The molecule has 1 aromatic carbocycles. The minimum atomic E-state index is 0.116. The molecule has 1 aromatic heterocycles. The predicted molar refractivity (Wildman–Crippen MR) is 52.9 cm³/mol. The summed E-state index contributed by atoms with van der Waals surface area (Å²) in [5.41, 5.74) is 11.6. The molecule has 0 aliphatic rings. The van der Waals surface area contributed by atoms with E-state index in [4.69, 9.17) is 11.5 Å². The van der Waals surface area contributed by atoms with Crippen LogP contribution in [0.1, 0.15) is 0 Å². The second-order valence-corrected chi connectivity index (χ2v) is 2.65. The molecule has 0 spiro atoms. The zero-order valence-electron chi connectivity index (χ0n) is 7.31. The lowest BCUT2D eigenvalue weighted by Crippen LogP contribution is -2.04. The fraction of sp³-hybridized carbons (Fsp3) is 0. The van der Waals surface area contributed by atoms with Crippen LogP contribution in [0, 0.1) is 6.07 Å². The molecule has 5 heteroatoms. The predicted octanol–water partition coefficient (Wildman–Crippen LogP) is 0.503. The molecule has 0 fully saturated rings. The summed E-state index contributed by atoms with van der Waals surface area (Å²) >= 11 is 0. The Morgan fingerprint density at radius 3 is 2.29 bits per heavy atom. The molecule has 4 N–H and O–H groups in total. The first kappa shape index (κ1) is 8.43. The molecule has 0 radical (unpaired) electrons. The van der Waals surface area contributed by atoms with E-state index in [2.05, 4.69) is 21.0 Å². The Hall–Kier alpha value is -2.17. The maximum Gasteiger partial charge on any atom is 0.215 e. The summed E-state index contributed by atoms with van der Waals surface area (Å²) in [6.07, 6.45) is 0. The molecule has 1 heterocycles. The van der Waals surface area contributed by atoms with Gasteiger partial charge in [-0.1, -0.05) is 0 Å². The van der Waals surface area contributed by atoms with Crippen LogP contribution in [0.4, 0.5) is 11.9 Å². The molecule has 0 saturated carbocycles. The summed E-state index contributed by atoms with van der Waals surface area (Å²) in [7, 11) is 0. The third kappa shape index (κ3) is 1.61. The Balaban J connectivity index is 2.52. The monoisotopic (exact) mass is 186 g/mol. The Bertz CT molecular complexity index is 420. The second-order valence-electron chi connectivity index (χ2n) is 2.65. The van der Waals surface area contributed by atoms with Crippen LogP contribution in [-0.2, 0) is 0 Å². The van der Waals surface area contributed by atoms with Crippen molar-refractivity contribution < 1.29 is 0 Å². The third-order valence-corrected chi connectivity index (χ3v) is 1.62. The van der Waals surface area contributed by atoms with Gasteiger partial charge in [0.25, 0.3) is 0 Å². The van der Waals surface area contributed by atoms with Crippen LogP contribution in [0.3, 0.4) is 0 Å². The van der Waals surface area contributed by atoms with Crippen LogP contribution < -0.4 is 11.5 Å². The summed E-state index contributed by atoms with van der Waals surface area (Å²) < 4.78 is 0. The Kier molecular flexibility index (Phi) is 1.98. The van der Waals surface area contributed by atoms with Crippen LogP contribution in [0.15, 0.2) is 24.3 Å². The Labute approximate surface area is 80.8 Å². The number of nitrogens with zero attached hydrogens (tertiary/aromatic N) is 3. The summed E-state index contributed by atoms with van der Waals surface area (Å²) in [6.45, 7) is 0. The first-order chi connectivity index (χ1) is 6.75. The summed E-state index contributed by atoms with van der Waals surface area (Å²) in [5.74, 6) is 0.671. The standard InChI is InChI=1S/C9H8N5/c10-8-12-7(13-9(11)14-8)6-4-2-1-3-5-6/h1-4H,(H4,10,11,12,13,14)/q-1. The van der Waals surface area contributed by atoms with Gasteiger partial charge in [-0.05, 0) is 0 Å². The van der Waals surface area contributed by atoms with Gasteiger partial charge in [0, 0.05) is 0 Å². The number of rotatable bonds is 1. The molecule has 70 valence electrons. The van der Waals surface area contributed by atoms with Gasteiger partial charge in [-0.2, -0.15) is 4.98 Å². The van der Waals surface area contributed by atoms with Gasteiger partial charge in [0.15, 0.2) is 0 Å². The quantitative estimate of drug-likeness (QED) is 0.633. The van der Waals surface area contributed by atoms with Gasteiger partial charge in [0.1, 0.15) is 0 Å². The molecule has 0 bridgehead atoms. The van der Waals surface area contributed by atoms with E-state index in [9.17, 15) is 0 Å². The van der Waals surface area contributed by atoms with E-state index in [0.29, 0.717) is 5.82 Å². The van der Waals surface area contributed by atoms with Gasteiger partial charge in [0.2, 0.25) is 11.9 Å². The van der Waals surface area contributed by atoms with Crippen LogP contribution in [-0.4, -0.2) is 15.0 Å². The lowest BCUT2D eigenvalue weighted by Gasteiger charge is -2.07. The van der Waals surface area contributed by atoms with Crippen molar-refractivity contribution in [3.63, 3.8) is 0 Å². The van der Waals surface area contributed by atoms with Gasteiger partial charge in [-0.25, -0.2) is 9.97 Å². The van der Waals surface area contributed by atoms with E-state index in [-0.39, 0.29) is 11.9 Å². The number of benzene rings is 1. The first-order valence-electron chi connectivity index (χ1n) is 4.00. The Morgan fingerprint density at radius 2 is 1.71 bits per heavy atom. The number of nitrogen functional groups attached to an aromatic ring is 2. The summed E-state index contributed by atoms with van der Waals surface area (Å²) in [4.78, 5) is 11.6. The highest BCUT2D eigenvalue weighted by Crippen LogP contribution is 2.14. The lowest BCUT2D eigenvalue weighted by atomic mass is 10.2. The third-order valence-electron chi connectivity index (χ3n) is 1.62. The molecule has 0 saturated heterocycles. The highest BCUT2D eigenvalue weighted by Gasteiger charge is 1.97. The minimum absolute atomic E-state index is 0.116. The number of hydrogen-bond donors (Lipinski definition) is 2. The summed E-state index contributed by atoms with van der Waals surface area (Å²) in [5, 5.41) is 0. The largest absolute Gasteiger partial charge is 0.368 e. The smallest absolute Gasteiger partial charge is 0.215 e. The van der Waals surface area contributed by atoms with Gasteiger partial charge >= 0.3 is 0 Å². The zero-order chi connectivity index (χ0) is 9.97. The zero-order valence-corrected chi connectivity index (χ0v) is 7.31. The van der Waals surface area contributed by atoms with Crippen molar-refractivity contribution in [2.75, 3.05) is 11.5 Å². The van der Waals surface area contributed by atoms with Crippen LogP contribution in [0.5, 0.6) is 0 Å². The topological polar surface area (TPSA) is 90.7 Å². The van der Waals surface area contributed by atoms with Crippen molar-refractivity contribution in [2.45, 2.75) is 0 Å². The van der Waals surface area contributed by atoms with E-state index in [0.717, 1.165) is 5.56 Å². The van der Waals surface area contributed by atoms with Crippen molar-refractivity contribution in [2.24, 2.45) is 0 Å². The fourth-order valence-corrected chi connectivity index (χ4v) is 1.06. The Morgan fingerprint density at radius 1 is 1.00 bits per heavy atom. The highest BCUT2D eigenvalue weighted by atomic mass is 15.1. The van der Waals surface area contributed by atoms with Crippen LogP contribution >= 0.6 is 0 Å². The fourth-order valence-electron chi connectivity index (χ4n) is 1.06. The van der Waals surface area contributed by atoms with Crippen LogP contribution in [0.2, 0.25) is 0 Å². The maximum atomic E-state index is 5.44. The number of hydrogen-bond acceptors (Lipinski definition) is 5. The van der Waals surface area contributed by atoms with Gasteiger partial charge in [0.05, 0.1) is 5.82 Å². The van der Waals surface area contributed by atoms with Crippen molar-refractivity contribution in [1.82, 2.24) is 15.0 Å². The van der Waals surface area contributed by atoms with Crippen molar-refractivity contribution in [1.29, 1.82) is 0 Å².